The summed E-state index contributed by atoms with van der Waals surface area (Å²) in [6.45, 7) is 2.37. The molecular formula is C8H13NOS2. The standard InChI is InChI=1S/C8H13NOS2/c1-2-8-9-7(6-12-8)5-11-4-3-10/h6,10H,2-5H2,1H3. The topological polar surface area (TPSA) is 33.1 Å². The maximum absolute atomic E-state index is 8.56. The van der Waals surface area contributed by atoms with E-state index in [0.29, 0.717) is 0 Å². The van der Waals surface area contributed by atoms with Gasteiger partial charge in [0.15, 0.2) is 0 Å². The van der Waals surface area contributed by atoms with Gasteiger partial charge in [-0.3, -0.25) is 0 Å². The van der Waals surface area contributed by atoms with Gasteiger partial charge in [0.05, 0.1) is 17.3 Å². The van der Waals surface area contributed by atoms with Crippen LogP contribution in [0.25, 0.3) is 0 Å². The van der Waals surface area contributed by atoms with E-state index in [9.17, 15) is 0 Å². The Balaban J connectivity index is 2.31. The highest BCUT2D eigenvalue weighted by Crippen LogP contribution is 2.15. The van der Waals surface area contributed by atoms with Crippen LogP contribution in [0.3, 0.4) is 0 Å². The highest BCUT2D eigenvalue weighted by molar-refractivity contribution is 7.98. The molecule has 1 N–H and O–H groups in total. The van der Waals surface area contributed by atoms with Crippen molar-refractivity contribution in [2.75, 3.05) is 12.4 Å². The molecule has 0 aliphatic rings. The van der Waals surface area contributed by atoms with Gasteiger partial charge in [0.1, 0.15) is 0 Å². The summed E-state index contributed by atoms with van der Waals surface area (Å²) in [6.07, 6.45) is 1.02. The number of thiazole rings is 1. The SMILES string of the molecule is CCc1nc(CSCCO)cs1. The minimum absolute atomic E-state index is 0.259. The highest BCUT2D eigenvalue weighted by Gasteiger charge is 1.99. The largest absolute Gasteiger partial charge is 0.396 e. The van der Waals surface area contributed by atoms with Gasteiger partial charge in [-0.15, -0.1) is 11.3 Å². The van der Waals surface area contributed by atoms with Crippen molar-refractivity contribution in [2.24, 2.45) is 0 Å². The predicted octanol–water partition coefficient (Wildman–Crippen LogP) is 1.93. The molecular weight excluding hydrogens is 190 g/mol. The van der Waals surface area contributed by atoms with Crippen LogP contribution in [0.1, 0.15) is 17.6 Å². The van der Waals surface area contributed by atoms with Crippen LogP contribution in [-0.4, -0.2) is 22.5 Å². The Morgan fingerprint density at radius 2 is 2.50 bits per heavy atom. The Morgan fingerprint density at radius 1 is 1.67 bits per heavy atom. The summed E-state index contributed by atoms with van der Waals surface area (Å²) in [5, 5.41) is 11.9. The third kappa shape index (κ3) is 3.13. The molecule has 4 heteroatoms. The maximum atomic E-state index is 8.56. The van der Waals surface area contributed by atoms with E-state index in [1.165, 1.54) is 5.01 Å². The lowest BCUT2D eigenvalue weighted by atomic mass is 10.5. The number of aliphatic hydroxyl groups is 1. The molecule has 0 radical (unpaired) electrons. The molecule has 1 aromatic heterocycles. The number of aromatic nitrogens is 1. The Kier molecular flexibility index (Phi) is 4.65. The van der Waals surface area contributed by atoms with Gasteiger partial charge in [0, 0.05) is 16.9 Å². The number of rotatable bonds is 5. The summed E-state index contributed by atoms with van der Waals surface area (Å²) in [6, 6.07) is 0. The molecule has 0 spiro atoms. The van der Waals surface area contributed by atoms with Gasteiger partial charge < -0.3 is 5.11 Å². The summed E-state index contributed by atoms with van der Waals surface area (Å²) < 4.78 is 0. The van der Waals surface area contributed by atoms with Crippen LogP contribution in [0.5, 0.6) is 0 Å². The van der Waals surface area contributed by atoms with Crippen molar-refractivity contribution in [2.45, 2.75) is 19.1 Å². The smallest absolute Gasteiger partial charge is 0.0925 e. The van der Waals surface area contributed by atoms with Crippen LogP contribution in [0.2, 0.25) is 0 Å². The van der Waals surface area contributed by atoms with Gasteiger partial charge in [-0.2, -0.15) is 11.8 Å². The van der Waals surface area contributed by atoms with Crippen LogP contribution in [0.15, 0.2) is 5.38 Å². The van der Waals surface area contributed by atoms with Gasteiger partial charge >= 0.3 is 0 Å². The number of aryl methyl sites for hydroxylation is 1. The fourth-order valence-electron chi connectivity index (χ4n) is 0.819. The first-order valence-electron chi connectivity index (χ1n) is 3.98. The summed E-state index contributed by atoms with van der Waals surface area (Å²) in [5.41, 5.74) is 1.15. The Labute approximate surface area is 81.0 Å². The second kappa shape index (κ2) is 5.56. The van der Waals surface area contributed by atoms with Crippen molar-refractivity contribution in [3.63, 3.8) is 0 Å². The average molecular weight is 203 g/mol. The van der Waals surface area contributed by atoms with E-state index in [-0.39, 0.29) is 6.61 Å². The zero-order valence-electron chi connectivity index (χ0n) is 7.12. The van der Waals surface area contributed by atoms with E-state index in [4.69, 9.17) is 5.11 Å². The first-order chi connectivity index (χ1) is 5.86. The Hall–Kier alpha value is -0.0600. The Bertz CT molecular complexity index is 225. The van der Waals surface area contributed by atoms with Crippen LogP contribution in [0, 0.1) is 0 Å². The summed E-state index contributed by atoms with van der Waals surface area (Å²) in [4.78, 5) is 4.42. The van der Waals surface area contributed by atoms with Gasteiger partial charge in [0.2, 0.25) is 0 Å². The molecule has 1 aromatic rings. The van der Waals surface area contributed by atoms with E-state index in [2.05, 4.69) is 17.3 Å². The Morgan fingerprint density at radius 3 is 3.08 bits per heavy atom. The molecule has 12 heavy (non-hydrogen) atoms. The first kappa shape index (κ1) is 10.0. The molecule has 0 saturated heterocycles. The van der Waals surface area contributed by atoms with Crippen molar-refractivity contribution >= 4 is 23.1 Å². The summed E-state index contributed by atoms with van der Waals surface area (Å²) in [5.74, 6) is 1.73. The van der Waals surface area contributed by atoms with E-state index < -0.39 is 0 Å². The van der Waals surface area contributed by atoms with E-state index in [1.807, 2.05) is 0 Å². The van der Waals surface area contributed by atoms with Crippen LogP contribution < -0.4 is 0 Å². The molecule has 0 amide bonds. The molecule has 0 saturated carbocycles. The van der Waals surface area contributed by atoms with Crippen molar-refractivity contribution in [3.8, 4) is 0 Å². The molecule has 0 aliphatic carbocycles. The first-order valence-corrected chi connectivity index (χ1v) is 6.02. The van der Waals surface area contributed by atoms with Crippen LogP contribution in [0.4, 0.5) is 0 Å². The molecule has 0 aromatic carbocycles. The minimum atomic E-state index is 0.259. The number of hydrogen-bond acceptors (Lipinski definition) is 4. The van der Waals surface area contributed by atoms with Gasteiger partial charge in [-0.1, -0.05) is 6.92 Å². The van der Waals surface area contributed by atoms with Crippen molar-refractivity contribution in [1.82, 2.24) is 4.98 Å². The molecule has 0 fully saturated rings. The van der Waals surface area contributed by atoms with Crippen LogP contribution >= 0.6 is 23.1 Å². The lowest BCUT2D eigenvalue weighted by Crippen LogP contribution is -1.88. The molecule has 68 valence electrons. The fourth-order valence-corrected chi connectivity index (χ4v) is 2.30. The van der Waals surface area contributed by atoms with Gasteiger partial charge in [-0.25, -0.2) is 4.98 Å². The molecule has 0 aliphatic heterocycles. The molecule has 0 bridgehead atoms. The third-order valence-electron chi connectivity index (χ3n) is 1.39. The number of thioether (sulfide) groups is 1. The van der Waals surface area contributed by atoms with Crippen molar-refractivity contribution < 1.29 is 5.11 Å². The summed E-state index contributed by atoms with van der Waals surface area (Å²) in [7, 11) is 0. The van der Waals surface area contributed by atoms with Crippen molar-refractivity contribution in [3.05, 3.63) is 16.1 Å². The number of hydrogen-bond donors (Lipinski definition) is 1. The predicted molar refractivity (Wildman–Crippen MR) is 54.7 cm³/mol. The molecule has 2 nitrogen and oxygen atoms in total. The van der Waals surface area contributed by atoms with Crippen molar-refractivity contribution in [1.29, 1.82) is 0 Å². The van der Waals surface area contributed by atoms with E-state index in [1.54, 1.807) is 23.1 Å². The lowest BCUT2D eigenvalue weighted by molar-refractivity contribution is 0.322. The zero-order chi connectivity index (χ0) is 8.81. The van der Waals surface area contributed by atoms with Gasteiger partial charge in [0.25, 0.3) is 0 Å². The maximum Gasteiger partial charge on any atom is 0.0925 e. The number of aliphatic hydroxyl groups excluding tert-OH is 1. The average Bonchev–Trinajstić information content (AvgIpc) is 2.53. The zero-order valence-corrected chi connectivity index (χ0v) is 8.75. The molecule has 1 rings (SSSR count). The van der Waals surface area contributed by atoms with E-state index in [0.717, 1.165) is 23.6 Å². The minimum Gasteiger partial charge on any atom is -0.396 e. The highest BCUT2D eigenvalue weighted by atomic mass is 32.2. The molecule has 0 atom stereocenters. The monoisotopic (exact) mass is 203 g/mol. The second-order valence-electron chi connectivity index (χ2n) is 2.36. The molecule has 0 unspecified atom stereocenters. The lowest BCUT2D eigenvalue weighted by Gasteiger charge is -1.93. The number of nitrogens with zero attached hydrogens (tertiary/aromatic N) is 1. The summed E-state index contributed by atoms with van der Waals surface area (Å²) >= 11 is 3.44. The second-order valence-corrected chi connectivity index (χ2v) is 4.41. The normalized spacial score (nSPS) is 10.5. The van der Waals surface area contributed by atoms with Gasteiger partial charge in [-0.05, 0) is 6.42 Å². The molecule has 1 heterocycles. The third-order valence-corrected chi connectivity index (χ3v) is 3.40. The fraction of sp³-hybridized carbons (Fsp3) is 0.625. The van der Waals surface area contributed by atoms with E-state index >= 15 is 0 Å². The quantitative estimate of drug-likeness (QED) is 0.742. The van der Waals surface area contributed by atoms with Crippen LogP contribution in [-0.2, 0) is 12.2 Å².